The lowest BCUT2D eigenvalue weighted by molar-refractivity contribution is -0.0385. The highest BCUT2D eigenvalue weighted by Gasteiger charge is 2.26. The van der Waals surface area contributed by atoms with E-state index >= 15 is 0 Å². The standard InChI is InChI=1S/C15H24N6O/c1-15(2,3)21-9-12(7-17-21)8-20-5-6-22-13(10-20)14-18-16-11-19(14)4/h7,9,11,13H,5-6,8,10H2,1-4H3/t13-/m1/s1. The average Bonchev–Trinajstić information content (AvgIpc) is 3.07. The van der Waals surface area contributed by atoms with E-state index in [4.69, 9.17) is 4.74 Å². The van der Waals surface area contributed by atoms with Gasteiger partial charge in [0.2, 0.25) is 0 Å². The van der Waals surface area contributed by atoms with Gasteiger partial charge >= 0.3 is 0 Å². The van der Waals surface area contributed by atoms with Crippen molar-refractivity contribution in [2.75, 3.05) is 19.7 Å². The predicted molar refractivity (Wildman–Crippen MR) is 82.2 cm³/mol. The molecular formula is C15H24N6O. The van der Waals surface area contributed by atoms with Gasteiger partial charge in [-0.3, -0.25) is 9.58 Å². The predicted octanol–water partition coefficient (Wildman–Crippen LogP) is 1.34. The van der Waals surface area contributed by atoms with Crippen LogP contribution in [0.2, 0.25) is 0 Å². The van der Waals surface area contributed by atoms with Gasteiger partial charge in [-0.25, -0.2) is 0 Å². The van der Waals surface area contributed by atoms with Gasteiger partial charge in [0.25, 0.3) is 0 Å². The van der Waals surface area contributed by atoms with Gasteiger partial charge < -0.3 is 9.30 Å². The molecular weight excluding hydrogens is 280 g/mol. The van der Waals surface area contributed by atoms with Crippen molar-refractivity contribution >= 4 is 0 Å². The first-order valence-corrected chi connectivity index (χ1v) is 7.65. The summed E-state index contributed by atoms with van der Waals surface area (Å²) in [5, 5.41) is 12.6. The summed E-state index contributed by atoms with van der Waals surface area (Å²) in [4.78, 5) is 2.38. The molecule has 1 fully saturated rings. The van der Waals surface area contributed by atoms with Crippen molar-refractivity contribution in [1.29, 1.82) is 0 Å². The molecule has 0 amide bonds. The summed E-state index contributed by atoms with van der Waals surface area (Å²) in [6.45, 7) is 9.81. The molecule has 0 unspecified atom stereocenters. The van der Waals surface area contributed by atoms with Crippen LogP contribution in [0.25, 0.3) is 0 Å². The van der Waals surface area contributed by atoms with E-state index in [1.54, 1.807) is 6.33 Å². The van der Waals surface area contributed by atoms with Gasteiger partial charge in [-0.2, -0.15) is 5.10 Å². The molecule has 1 aliphatic rings. The second-order valence-electron chi connectivity index (χ2n) is 6.86. The maximum atomic E-state index is 5.84. The van der Waals surface area contributed by atoms with Crippen LogP contribution in [0.15, 0.2) is 18.7 Å². The zero-order valence-corrected chi connectivity index (χ0v) is 13.7. The number of rotatable bonds is 3. The highest BCUT2D eigenvalue weighted by Crippen LogP contribution is 2.21. The van der Waals surface area contributed by atoms with E-state index in [0.29, 0.717) is 6.61 Å². The first-order valence-electron chi connectivity index (χ1n) is 7.65. The molecule has 22 heavy (non-hydrogen) atoms. The van der Waals surface area contributed by atoms with Crippen LogP contribution in [0.4, 0.5) is 0 Å². The van der Waals surface area contributed by atoms with Crippen LogP contribution in [0, 0.1) is 0 Å². The molecule has 0 aliphatic carbocycles. The zero-order chi connectivity index (χ0) is 15.7. The third-order valence-corrected chi connectivity index (χ3v) is 3.91. The van der Waals surface area contributed by atoms with Crippen molar-refractivity contribution in [1.82, 2.24) is 29.4 Å². The smallest absolute Gasteiger partial charge is 0.163 e. The van der Waals surface area contributed by atoms with Crippen molar-refractivity contribution in [3.05, 3.63) is 30.1 Å². The van der Waals surface area contributed by atoms with Crippen LogP contribution in [0.3, 0.4) is 0 Å². The average molecular weight is 304 g/mol. The number of aromatic nitrogens is 5. The van der Waals surface area contributed by atoms with Crippen molar-refractivity contribution < 1.29 is 4.74 Å². The Hall–Kier alpha value is -1.73. The quantitative estimate of drug-likeness (QED) is 0.856. The fourth-order valence-electron chi connectivity index (χ4n) is 2.65. The van der Waals surface area contributed by atoms with Gasteiger partial charge in [-0.15, -0.1) is 10.2 Å². The molecule has 0 N–H and O–H groups in total. The van der Waals surface area contributed by atoms with E-state index < -0.39 is 0 Å². The van der Waals surface area contributed by atoms with Gasteiger partial charge in [-0.1, -0.05) is 0 Å². The van der Waals surface area contributed by atoms with E-state index in [9.17, 15) is 0 Å². The Kier molecular flexibility index (Phi) is 4.01. The van der Waals surface area contributed by atoms with Gasteiger partial charge in [-0.05, 0) is 20.8 Å². The van der Waals surface area contributed by atoms with Gasteiger partial charge in [0, 0.05) is 38.4 Å². The Bertz CT molecular complexity index is 626. The van der Waals surface area contributed by atoms with Crippen molar-refractivity contribution in [2.24, 2.45) is 7.05 Å². The molecule has 1 atom stereocenters. The van der Waals surface area contributed by atoms with Gasteiger partial charge in [0.1, 0.15) is 12.4 Å². The Morgan fingerprint density at radius 3 is 2.82 bits per heavy atom. The molecule has 3 rings (SSSR count). The molecule has 2 aromatic heterocycles. The van der Waals surface area contributed by atoms with Crippen LogP contribution in [-0.4, -0.2) is 49.1 Å². The van der Waals surface area contributed by atoms with Crippen LogP contribution < -0.4 is 0 Å². The highest BCUT2D eigenvalue weighted by molar-refractivity contribution is 5.06. The first-order chi connectivity index (χ1) is 10.4. The van der Waals surface area contributed by atoms with E-state index in [2.05, 4.69) is 47.2 Å². The van der Waals surface area contributed by atoms with Crippen LogP contribution in [0.1, 0.15) is 38.3 Å². The van der Waals surface area contributed by atoms with E-state index in [1.165, 1.54) is 5.56 Å². The summed E-state index contributed by atoms with van der Waals surface area (Å²) in [5.41, 5.74) is 1.25. The van der Waals surface area contributed by atoms with Gasteiger partial charge in [0.05, 0.1) is 18.3 Å². The summed E-state index contributed by atoms with van der Waals surface area (Å²) in [6, 6.07) is 0. The van der Waals surface area contributed by atoms with Crippen molar-refractivity contribution in [3.63, 3.8) is 0 Å². The third-order valence-electron chi connectivity index (χ3n) is 3.91. The van der Waals surface area contributed by atoms with Crippen LogP contribution in [-0.2, 0) is 23.9 Å². The molecule has 0 aromatic carbocycles. The summed E-state index contributed by atoms with van der Waals surface area (Å²) in [5.74, 6) is 0.884. The number of hydrogen-bond donors (Lipinski definition) is 0. The number of aryl methyl sites for hydroxylation is 1. The maximum absolute atomic E-state index is 5.84. The molecule has 120 valence electrons. The summed E-state index contributed by atoms with van der Waals surface area (Å²) in [7, 11) is 1.95. The third kappa shape index (κ3) is 3.20. The fourth-order valence-corrected chi connectivity index (χ4v) is 2.65. The number of morpholine rings is 1. The number of hydrogen-bond acceptors (Lipinski definition) is 5. The second-order valence-corrected chi connectivity index (χ2v) is 6.86. The molecule has 7 heteroatoms. The highest BCUT2D eigenvalue weighted by atomic mass is 16.5. The Morgan fingerprint density at radius 1 is 1.36 bits per heavy atom. The second kappa shape index (κ2) is 5.81. The summed E-state index contributed by atoms with van der Waals surface area (Å²) >= 11 is 0. The molecule has 7 nitrogen and oxygen atoms in total. The minimum Gasteiger partial charge on any atom is -0.368 e. The lowest BCUT2D eigenvalue weighted by Gasteiger charge is -2.32. The molecule has 0 bridgehead atoms. The minimum atomic E-state index is -0.0149. The summed E-state index contributed by atoms with van der Waals surface area (Å²) < 4.78 is 9.78. The topological polar surface area (TPSA) is 61.0 Å². The number of nitrogens with zero attached hydrogens (tertiary/aromatic N) is 6. The van der Waals surface area contributed by atoms with Gasteiger partial charge in [0.15, 0.2) is 5.82 Å². The molecule has 3 heterocycles. The molecule has 2 aromatic rings. The van der Waals surface area contributed by atoms with Crippen molar-refractivity contribution in [3.8, 4) is 0 Å². The molecule has 1 saturated heterocycles. The van der Waals surface area contributed by atoms with Crippen LogP contribution in [0.5, 0.6) is 0 Å². The Morgan fingerprint density at radius 2 is 2.18 bits per heavy atom. The monoisotopic (exact) mass is 304 g/mol. The minimum absolute atomic E-state index is 0.0149. The normalized spacial score (nSPS) is 20.5. The fraction of sp³-hybridized carbons (Fsp3) is 0.667. The van der Waals surface area contributed by atoms with E-state index in [1.807, 2.05) is 22.5 Å². The Balaban J connectivity index is 1.66. The van der Waals surface area contributed by atoms with E-state index in [-0.39, 0.29) is 11.6 Å². The molecule has 0 spiro atoms. The summed E-state index contributed by atoms with van der Waals surface area (Å²) in [6.07, 6.45) is 5.79. The van der Waals surface area contributed by atoms with Crippen LogP contribution >= 0.6 is 0 Å². The molecule has 1 aliphatic heterocycles. The lowest BCUT2D eigenvalue weighted by Crippen LogP contribution is -2.38. The molecule has 0 radical (unpaired) electrons. The lowest BCUT2D eigenvalue weighted by atomic mass is 10.1. The molecule has 0 saturated carbocycles. The largest absolute Gasteiger partial charge is 0.368 e. The van der Waals surface area contributed by atoms with Crippen molar-refractivity contribution in [2.45, 2.75) is 39.0 Å². The number of ether oxygens (including phenoxy) is 1. The maximum Gasteiger partial charge on any atom is 0.163 e. The SMILES string of the molecule is Cn1cnnc1[C@H]1CN(Cc2cnn(C(C)(C)C)c2)CCO1. The Labute approximate surface area is 130 Å². The zero-order valence-electron chi connectivity index (χ0n) is 13.7. The first kappa shape index (κ1) is 15.2. The van der Waals surface area contributed by atoms with E-state index in [0.717, 1.165) is 25.5 Å².